The van der Waals surface area contributed by atoms with Crippen molar-refractivity contribution in [3.8, 4) is 0 Å². The quantitative estimate of drug-likeness (QED) is 0.650. The van der Waals surface area contributed by atoms with E-state index in [1.54, 1.807) is 0 Å². The van der Waals surface area contributed by atoms with E-state index in [4.69, 9.17) is 4.74 Å². The third-order valence-corrected chi connectivity index (χ3v) is 4.87. The monoisotopic (exact) mass is 353 g/mol. The highest BCUT2D eigenvalue weighted by Crippen LogP contribution is 2.29. The molecule has 0 spiro atoms. The predicted octanol–water partition coefficient (Wildman–Crippen LogP) is 3.45. The van der Waals surface area contributed by atoms with E-state index in [1.807, 2.05) is 38.1 Å². The summed E-state index contributed by atoms with van der Waals surface area (Å²) in [7, 11) is 0. The van der Waals surface area contributed by atoms with Crippen LogP contribution in [0.4, 0.5) is 0 Å². The molecule has 0 unspecified atom stereocenters. The highest BCUT2D eigenvalue weighted by molar-refractivity contribution is 9.08. The number of benzene rings is 1. The molecule has 1 N–H and O–H groups in total. The van der Waals surface area contributed by atoms with Crippen LogP contribution >= 0.6 is 15.9 Å². The third kappa shape index (κ3) is 4.82. The SMILES string of the molecule is CC(C)(OC(=O)Cc1ccc(CBr)cc1)C1CCNCC1. The average Bonchev–Trinajstić information content (AvgIpc) is 2.48. The van der Waals surface area contributed by atoms with E-state index in [0.29, 0.717) is 12.3 Å². The fourth-order valence-corrected chi connectivity index (χ4v) is 3.22. The molecule has 4 heteroatoms. The molecule has 116 valence electrons. The maximum atomic E-state index is 12.2. The molecule has 2 rings (SSSR count). The number of carbonyl (C=O) groups is 1. The predicted molar refractivity (Wildman–Crippen MR) is 88.5 cm³/mol. The standard InChI is InChI=1S/C17H24BrNO2/c1-17(2,15-7-9-19-10-8-15)21-16(20)11-13-3-5-14(12-18)6-4-13/h3-6,15,19H,7-12H2,1-2H3. The van der Waals surface area contributed by atoms with E-state index in [9.17, 15) is 4.79 Å². The normalized spacial score (nSPS) is 16.7. The fraction of sp³-hybridized carbons (Fsp3) is 0.588. The zero-order chi connectivity index (χ0) is 15.3. The molecular formula is C17H24BrNO2. The number of carbonyl (C=O) groups excluding carboxylic acids is 1. The van der Waals surface area contributed by atoms with Crippen LogP contribution in [0.2, 0.25) is 0 Å². The number of hydrogen-bond acceptors (Lipinski definition) is 3. The molecule has 1 fully saturated rings. The van der Waals surface area contributed by atoms with Crippen molar-refractivity contribution in [1.29, 1.82) is 0 Å². The Balaban J connectivity index is 1.90. The molecular weight excluding hydrogens is 330 g/mol. The van der Waals surface area contributed by atoms with Crippen LogP contribution in [0.25, 0.3) is 0 Å². The molecule has 0 aromatic heterocycles. The first-order valence-corrected chi connectivity index (χ1v) is 8.70. The Hall–Kier alpha value is -0.870. The van der Waals surface area contributed by atoms with Crippen LogP contribution in [0.15, 0.2) is 24.3 Å². The lowest BCUT2D eigenvalue weighted by Gasteiger charge is -2.36. The summed E-state index contributed by atoms with van der Waals surface area (Å²) in [4.78, 5) is 12.2. The fourth-order valence-electron chi connectivity index (χ4n) is 2.84. The van der Waals surface area contributed by atoms with E-state index < -0.39 is 0 Å². The first kappa shape index (κ1) is 16.5. The Morgan fingerprint density at radius 3 is 2.38 bits per heavy atom. The van der Waals surface area contributed by atoms with Crippen molar-refractivity contribution < 1.29 is 9.53 Å². The average molecular weight is 354 g/mol. The van der Waals surface area contributed by atoms with Crippen LogP contribution in [0.5, 0.6) is 0 Å². The van der Waals surface area contributed by atoms with Gasteiger partial charge in [0.25, 0.3) is 0 Å². The van der Waals surface area contributed by atoms with Gasteiger partial charge in [0.05, 0.1) is 6.42 Å². The van der Waals surface area contributed by atoms with E-state index in [1.165, 1.54) is 5.56 Å². The van der Waals surface area contributed by atoms with Crippen LogP contribution in [0.3, 0.4) is 0 Å². The lowest BCUT2D eigenvalue weighted by atomic mass is 9.83. The molecule has 3 nitrogen and oxygen atoms in total. The van der Waals surface area contributed by atoms with Gasteiger partial charge in [-0.3, -0.25) is 4.79 Å². The summed E-state index contributed by atoms with van der Waals surface area (Å²) in [6, 6.07) is 8.06. The summed E-state index contributed by atoms with van der Waals surface area (Å²) < 4.78 is 5.76. The van der Waals surface area contributed by atoms with Gasteiger partial charge < -0.3 is 10.1 Å². The minimum Gasteiger partial charge on any atom is -0.459 e. The van der Waals surface area contributed by atoms with Crippen LogP contribution < -0.4 is 5.32 Å². The summed E-state index contributed by atoms with van der Waals surface area (Å²) in [5, 5.41) is 4.18. The van der Waals surface area contributed by atoms with Crippen LogP contribution in [0.1, 0.15) is 37.8 Å². The van der Waals surface area contributed by atoms with Gasteiger partial charge in [0.2, 0.25) is 0 Å². The summed E-state index contributed by atoms with van der Waals surface area (Å²) in [5.41, 5.74) is 1.84. The summed E-state index contributed by atoms with van der Waals surface area (Å²) in [6.45, 7) is 6.10. The van der Waals surface area contributed by atoms with E-state index in [2.05, 4.69) is 21.2 Å². The number of rotatable bonds is 5. The number of halogens is 1. The minimum atomic E-state index is -0.380. The lowest BCUT2D eigenvalue weighted by molar-refractivity contribution is -0.161. The largest absolute Gasteiger partial charge is 0.459 e. The second kappa shape index (κ2) is 7.41. The summed E-state index contributed by atoms with van der Waals surface area (Å²) in [5.74, 6) is 0.309. The molecule has 1 aliphatic heterocycles. The van der Waals surface area contributed by atoms with Crippen LogP contribution in [-0.2, 0) is 21.3 Å². The number of hydrogen-bond donors (Lipinski definition) is 1. The molecule has 1 aromatic carbocycles. The number of esters is 1. The molecule has 0 aliphatic carbocycles. The zero-order valence-corrected chi connectivity index (χ0v) is 14.4. The molecule has 1 aromatic rings. The zero-order valence-electron chi connectivity index (χ0n) is 12.8. The van der Waals surface area contributed by atoms with Crippen molar-refractivity contribution in [2.75, 3.05) is 13.1 Å². The lowest BCUT2D eigenvalue weighted by Crippen LogP contribution is -2.43. The Bertz CT molecular complexity index is 464. The first-order chi connectivity index (χ1) is 10.0. The second-order valence-electron chi connectivity index (χ2n) is 6.23. The summed E-state index contributed by atoms with van der Waals surface area (Å²) >= 11 is 3.42. The highest BCUT2D eigenvalue weighted by atomic mass is 79.9. The van der Waals surface area contributed by atoms with E-state index >= 15 is 0 Å². The first-order valence-electron chi connectivity index (χ1n) is 7.57. The van der Waals surface area contributed by atoms with Crippen molar-refractivity contribution in [2.24, 2.45) is 5.92 Å². The molecule has 0 bridgehead atoms. The Kier molecular flexibility index (Phi) is 5.82. The maximum absolute atomic E-state index is 12.2. The summed E-state index contributed by atoms with van der Waals surface area (Å²) in [6.07, 6.45) is 2.48. The van der Waals surface area contributed by atoms with Crippen LogP contribution in [-0.4, -0.2) is 24.7 Å². The van der Waals surface area contributed by atoms with E-state index in [0.717, 1.165) is 36.8 Å². The van der Waals surface area contributed by atoms with Gasteiger partial charge in [-0.25, -0.2) is 0 Å². The minimum absolute atomic E-state index is 0.134. The maximum Gasteiger partial charge on any atom is 0.310 e. The van der Waals surface area contributed by atoms with Crippen molar-refractivity contribution in [2.45, 2.75) is 44.0 Å². The Morgan fingerprint density at radius 2 is 1.81 bits per heavy atom. The van der Waals surface area contributed by atoms with Crippen LogP contribution in [0, 0.1) is 5.92 Å². The second-order valence-corrected chi connectivity index (χ2v) is 6.79. The van der Waals surface area contributed by atoms with Gasteiger partial charge in [0.1, 0.15) is 5.60 Å². The molecule has 21 heavy (non-hydrogen) atoms. The van der Waals surface area contributed by atoms with Crippen molar-refractivity contribution in [1.82, 2.24) is 5.32 Å². The van der Waals surface area contributed by atoms with Gasteiger partial charge in [-0.05, 0) is 50.9 Å². The molecule has 0 radical (unpaired) electrons. The van der Waals surface area contributed by atoms with Gasteiger partial charge >= 0.3 is 5.97 Å². The van der Waals surface area contributed by atoms with Gasteiger partial charge in [-0.2, -0.15) is 0 Å². The van der Waals surface area contributed by atoms with Crippen molar-refractivity contribution >= 4 is 21.9 Å². The Labute approximate surface area is 135 Å². The van der Waals surface area contributed by atoms with Crippen molar-refractivity contribution in [3.63, 3.8) is 0 Å². The highest BCUT2D eigenvalue weighted by Gasteiger charge is 2.33. The van der Waals surface area contributed by atoms with Gasteiger partial charge in [-0.1, -0.05) is 40.2 Å². The number of nitrogens with one attached hydrogen (secondary N) is 1. The van der Waals surface area contributed by atoms with Gasteiger partial charge in [0.15, 0.2) is 0 Å². The van der Waals surface area contributed by atoms with Gasteiger partial charge in [0, 0.05) is 11.2 Å². The smallest absolute Gasteiger partial charge is 0.310 e. The van der Waals surface area contributed by atoms with Gasteiger partial charge in [-0.15, -0.1) is 0 Å². The topological polar surface area (TPSA) is 38.3 Å². The Morgan fingerprint density at radius 1 is 1.24 bits per heavy atom. The van der Waals surface area contributed by atoms with Crippen molar-refractivity contribution in [3.05, 3.63) is 35.4 Å². The molecule has 0 amide bonds. The number of piperidine rings is 1. The molecule has 0 saturated carbocycles. The molecule has 0 atom stereocenters. The third-order valence-electron chi connectivity index (χ3n) is 4.22. The molecule has 1 saturated heterocycles. The van der Waals surface area contributed by atoms with E-state index in [-0.39, 0.29) is 11.6 Å². The molecule has 1 aliphatic rings. The molecule has 1 heterocycles. The number of alkyl halides is 1. The number of ether oxygens (including phenoxy) is 1.